The van der Waals surface area contributed by atoms with Gasteiger partial charge in [0.25, 0.3) is 5.91 Å². The Labute approximate surface area is 155 Å². The average Bonchev–Trinajstić information content (AvgIpc) is 2.79. The Hall–Kier alpha value is -1.85. The summed E-state index contributed by atoms with van der Waals surface area (Å²) < 4.78 is 1.79. The molecule has 1 heterocycles. The molecule has 136 valence electrons. The van der Waals surface area contributed by atoms with E-state index in [2.05, 4.69) is 29.2 Å². The average molecular weight is 363 g/mol. The Morgan fingerprint density at radius 2 is 1.84 bits per heavy atom. The van der Waals surface area contributed by atoms with Crippen molar-refractivity contribution in [1.82, 2.24) is 20.0 Å². The molecule has 0 saturated heterocycles. The van der Waals surface area contributed by atoms with Gasteiger partial charge in [-0.1, -0.05) is 25.4 Å². The first-order valence-electron chi connectivity index (χ1n) is 8.36. The molecule has 2 rings (SSSR count). The highest BCUT2D eigenvalue weighted by atomic mass is 35.5. The Balaban J connectivity index is 2.06. The maximum absolute atomic E-state index is 12.4. The molecule has 0 radical (unpaired) electrons. The van der Waals surface area contributed by atoms with Crippen molar-refractivity contribution in [2.75, 3.05) is 27.2 Å². The molecule has 0 atom stereocenters. The molecule has 0 spiro atoms. The van der Waals surface area contributed by atoms with Crippen LogP contribution in [-0.4, -0.2) is 47.8 Å². The Bertz CT molecular complexity index is 748. The van der Waals surface area contributed by atoms with Crippen LogP contribution in [0, 0.1) is 19.3 Å². The third kappa shape index (κ3) is 4.83. The lowest BCUT2D eigenvalue weighted by atomic mass is 9.93. The second kappa shape index (κ2) is 7.58. The van der Waals surface area contributed by atoms with Gasteiger partial charge in [0, 0.05) is 18.7 Å². The minimum Gasteiger partial charge on any atom is -0.351 e. The molecule has 0 bridgehead atoms. The van der Waals surface area contributed by atoms with Crippen molar-refractivity contribution in [3.63, 3.8) is 0 Å². The van der Waals surface area contributed by atoms with Gasteiger partial charge < -0.3 is 10.2 Å². The molecule has 2 aromatic rings. The maximum atomic E-state index is 12.4. The van der Waals surface area contributed by atoms with E-state index in [0.29, 0.717) is 17.1 Å². The van der Waals surface area contributed by atoms with E-state index in [-0.39, 0.29) is 11.3 Å². The van der Waals surface area contributed by atoms with Gasteiger partial charge in [-0.25, -0.2) is 4.68 Å². The van der Waals surface area contributed by atoms with E-state index in [1.165, 1.54) is 0 Å². The van der Waals surface area contributed by atoms with E-state index in [9.17, 15) is 4.79 Å². The molecule has 0 aliphatic rings. The zero-order chi connectivity index (χ0) is 18.8. The van der Waals surface area contributed by atoms with Crippen molar-refractivity contribution < 1.29 is 4.79 Å². The van der Waals surface area contributed by atoms with Crippen LogP contribution in [0.5, 0.6) is 0 Å². The largest absolute Gasteiger partial charge is 0.351 e. The number of hydrogen-bond donors (Lipinski definition) is 1. The molecular weight excluding hydrogens is 336 g/mol. The molecule has 6 heteroatoms. The first-order valence-corrected chi connectivity index (χ1v) is 8.73. The van der Waals surface area contributed by atoms with Crippen LogP contribution in [0.25, 0.3) is 5.69 Å². The second-order valence-corrected chi connectivity index (χ2v) is 7.91. The number of rotatable bonds is 6. The van der Waals surface area contributed by atoms with E-state index in [1.807, 2.05) is 52.2 Å². The van der Waals surface area contributed by atoms with E-state index in [1.54, 1.807) is 4.68 Å². The number of benzene rings is 1. The zero-order valence-electron chi connectivity index (χ0n) is 15.9. The normalized spacial score (nSPS) is 11.8. The molecule has 5 nitrogen and oxygen atoms in total. The molecular formula is C19H27ClN4O. The molecule has 0 aliphatic carbocycles. The summed E-state index contributed by atoms with van der Waals surface area (Å²) in [6.07, 6.45) is 0. The first-order chi connectivity index (χ1) is 11.6. The summed E-state index contributed by atoms with van der Waals surface area (Å²) in [5, 5.41) is 8.12. The smallest absolute Gasteiger partial charge is 0.251 e. The van der Waals surface area contributed by atoms with Crippen LogP contribution in [0.2, 0.25) is 5.02 Å². The summed E-state index contributed by atoms with van der Waals surface area (Å²) in [6, 6.07) is 7.40. The highest BCUT2D eigenvalue weighted by Gasteiger charge is 2.20. The van der Waals surface area contributed by atoms with Crippen molar-refractivity contribution in [2.24, 2.45) is 5.41 Å². The van der Waals surface area contributed by atoms with Crippen molar-refractivity contribution in [1.29, 1.82) is 0 Å². The molecule has 1 aromatic carbocycles. The van der Waals surface area contributed by atoms with Crippen LogP contribution in [-0.2, 0) is 0 Å². The van der Waals surface area contributed by atoms with E-state index in [4.69, 9.17) is 11.6 Å². The topological polar surface area (TPSA) is 50.2 Å². The van der Waals surface area contributed by atoms with E-state index >= 15 is 0 Å². The van der Waals surface area contributed by atoms with Gasteiger partial charge in [-0.2, -0.15) is 5.10 Å². The quantitative estimate of drug-likeness (QED) is 0.856. The van der Waals surface area contributed by atoms with E-state index in [0.717, 1.165) is 23.6 Å². The summed E-state index contributed by atoms with van der Waals surface area (Å²) in [7, 11) is 4.07. The predicted octanol–water partition coefficient (Wildman–Crippen LogP) is 3.46. The number of nitrogens with zero attached hydrogens (tertiary/aromatic N) is 3. The van der Waals surface area contributed by atoms with E-state index < -0.39 is 0 Å². The van der Waals surface area contributed by atoms with Crippen LogP contribution < -0.4 is 5.32 Å². The predicted molar refractivity (Wildman–Crippen MR) is 103 cm³/mol. The van der Waals surface area contributed by atoms with Crippen molar-refractivity contribution in [3.05, 3.63) is 46.2 Å². The fourth-order valence-electron chi connectivity index (χ4n) is 2.96. The SMILES string of the molecule is Cc1nn(-c2ccc(C(=O)NCC(C)(C)CN(C)C)cc2)c(C)c1Cl. The lowest BCUT2D eigenvalue weighted by molar-refractivity contribution is 0.0929. The number of hydrogen-bond acceptors (Lipinski definition) is 3. The molecule has 0 saturated carbocycles. The van der Waals surface area contributed by atoms with Gasteiger partial charge in [0.1, 0.15) is 0 Å². The van der Waals surface area contributed by atoms with Crippen LogP contribution in [0.15, 0.2) is 24.3 Å². The summed E-state index contributed by atoms with van der Waals surface area (Å²) in [5.74, 6) is -0.0650. The van der Waals surface area contributed by atoms with Crippen LogP contribution >= 0.6 is 11.6 Å². The minimum absolute atomic E-state index is 0.0134. The maximum Gasteiger partial charge on any atom is 0.251 e. The zero-order valence-corrected chi connectivity index (χ0v) is 16.6. The third-order valence-electron chi connectivity index (χ3n) is 4.05. The molecule has 1 amide bonds. The number of amides is 1. The minimum atomic E-state index is -0.0650. The van der Waals surface area contributed by atoms with Crippen molar-refractivity contribution >= 4 is 17.5 Å². The first kappa shape index (κ1) is 19.5. The lowest BCUT2D eigenvalue weighted by Crippen LogP contribution is -2.39. The molecule has 25 heavy (non-hydrogen) atoms. The highest BCUT2D eigenvalue weighted by Crippen LogP contribution is 2.22. The Kier molecular flexibility index (Phi) is 5.91. The molecule has 0 unspecified atom stereocenters. The van der Waals surface area contributed by atoms with Gasteiger partial charge in [-0.05, 0) is 57.6 Å². The number of carbonyl (C=O) groups excluding carboxylic acids is 1. The van der Waals surface area contributed by atoms with Gasteiger partial charge >= 0.3 is 0 Å². The summed E-state index contributed by atoms with van der Waals surface area (Å²) in [5.41, 5.74) is 3.22. The summed E-state index contributed by atoms with van der Waals surface area (Å²) >= 11 is 6.20. The monoisotopic (exact) mass is 362 g/mol. The van der Waals surface area contributed by atoms with Gasteiger partial charge in [0.2, 0.25) is 0 Å². The molecule has 1 aromatic heterocycles. The number of aromatic nitrogens is 2. The lowest BCUT2D eigenvalue weighted by Gasteiger charge is -2.28. The Morgan fingerprint density at radius 1 is 1.24 bits per heavy atom. The molecule has 0 aliphatic heterocycles. The van der Waals surface area contributed by atoms with Crippen LogP contribution in [0.4, 0.5) is 0 Å². The van der Waals surface area contributed by atoms with Crippen LogP contribution in [0.1, 0.15) is 35.6 Å². The Morgan fingerprint density at radius 3 is 2.32 bits per heavy atom. The van der Waals surface area contributed by atoms with Gasteiger partial charge in [0.05, 0.1) is 22.1 Å². The van der Waals surface area contributed by atoms with Gasteiger partial charge in [-0.3, -0.25) is 4.79 Å². The standard InChI is InChI=1S/C19H27ClN4O/c1-13-17(20)14(2)24(22-13)16-9-7-15(8-10-16)18(25)21-11-19(3,4)12-23(5)6/h7-10H,11-12H2,1-6H3,(H,21,25). The number of aryl methyl sites for hydroxylation is 1. The number of halogens is 1. The second-order valence-electron chi connectivity index (χ2n) is 7.53. The summed E-state index contributed by atoms with van der Waals surface area (Å²) in [4.78, 5) is 14.5. The highest BCUT2D eigenvalue weighted by molar-refractivity contribution is 6.31. The van der Waals surface area contributed by atoms with Crippen molar-refractivity contribution in [2.45, 2.75) is 27.7 Å². The van der Waals surface area contributed by atoms with Crippen molar-refractivity contribution in [3.8, 4) is 5.69 Å². The third-order valence-corrected chi connectivity index (χ3v) is 4.60. The fraction of sp³-hybridized carbons (Fsp3) is 0.474. The fourth-order valence-corrected chi connectivity index (χ4v) is 3.08. The van der Waals surface area contributed by atoms with Crippen LogP contribution in [0.3, 0.4) is 0 Å². The molecule has 0 fully saturated rings. The van der Waals surface area contributed by atoms with Gasteiger partial charge in [-0.15, -0.1) is 0 Å². The molecule has 1 N–H and O–H groups in total. The van der Waals surface area contributed by atoms with Gasteiger partial charge in [0.15, 0.2) is 0 Å². The number of nitrogens with one attached hydrogen (secondary N) is 1. The summed E-state index contributed by atoms with van der Waals surface area (Å²) in [6.45, 7) is 9.62. The number of carbonyl (C=O) groups is 1.